The van der Waals surface area contributed by atoms with Gasteiger partial charge >= 0.3 is 0 Å². The minimum absolute atomic E-state index is 0.0331. The normalized spacial score (nSPS) is 11.0. The van der Waals surface area contributed by atoms with Crippen molar-refractivity contribution in [2.24, 2.45) is 0 Å². The molecular weight excluding hydrogens is 447 g/mol. The van der Waals surface area contributed by atoms with Crippen LogP contribution < -0.4 is 14.4 Å². The predicted octanol–water partition coefficient (Wildman–Crippen LogP) is 4.84. The third kappa shape index (κ3) is 5.24. The fourth-order valence-electron chi connectivity index (χ4n) is 2.74. The van der Waals surface area contributed by atoms with E-state index in [-0.39, 0.29) is 4.90 Å². The van der Waals surface area contributed by atoms with E-state index in [0.717, 1.165) is 4.31 Å². The summed E-state index contributed by atoms with van der Waals surface area (Å²) in [6.45, 7) is -0.442. The van der Waals surface area contributed by atoms with Gasteiger partial charge in [0.25, 0.3) is 10.0 Å². The van der Waals surface area contributed by atoms with Crippen molar-refractivity contribution in [1.29, 1.82) is 0 Å². The Kier molecular flexibility index (Phi) is 6.87. The number of anilines is 2. The van der Waals surface area contributed by atoms with E-state index in [2.05, 4.69) is 5.32 Å². The van der Waals surface area contributed by atoms with Crippen molar-refractivity contribution in [1.82, 2.24) is 0 Å². The number of halogens is 2. The van der Waals surface area contributed by atoms with Crippen molar-refractivity contribution in [3.05, 3.63) is 82.8 Å². The van der Waals surface area contributed by atoms with Gasteiger partial charge in [-0.25, -0.2) is 8.42 Å². The van der Waals surface area contributed by atoms with Crippen LogP contribution in [0.2, 0.25) is 10.0 Å². The maximum atomic E-state index is 13.3. The molecule has 3 aromatic rings. The van der Waals surface area contributed by atoms with Crippen LogP contribution in [0.25, 0.3) is 0 Å². The van der Waals surface area contributed by atoms with Gasteiger partial charge in [0, 0.05) is 15.7 Å². The molecule has 0 aromatic heterocycles. The summed E-state index contributed by atoms with van der Waals surface area (Å²) in [6.07, 6.45) is 0. The molecule has 0 unspecified atom stereocenters. The van der Waals surface area contributed by atoms with Gasteiger partial charge in [-0.1, -0.05) is 41.4 Å². The number of para-hydroxylation sites is 1. The number of hydrogen-bond acceptors (Lipinski definition) is 4. The number of nitrogens with zero attached hydrogens (tertiary/aromatic N) is 1. The molecule has 0 saturated carbocycles. The number of ether oxygens (including phenoxy) is 1. The first-order valence-corrected chi connectivity index (χ1v) is 11.0. The fourth-order valence-corrected chi connectivity index (χ4v) is 4.69. The number of benzene rings is 3. The van der Waals surface area contributed by atoms with Crippen molar-refractivity contribution in [2.75, 3.05) is 23.3 Å². The molecule has 6 nitrogen and oxygen atoms in total. The standard InChI is InChI=1S/C21H18Cl2N2O4S/c1-29-19-7-9-20(10-8-19)30(27,28)25(18-5-3-2-4-6-18)14-21(26)24-17-12-15(22)11-16(23)13-17/h2-13H,14H2,1H3,(H,24,26). The van der Waals surface area contributed by atoms with Gasteiger partial charge in [-0.3, -0.25) is 9.10 Å². The van der Waals surface area contributed by atoms with Gasteiger partial charge in [-0.2, -0.15) is 0 Å². The summed E-state index contributed by atoms with van der Waals surface area (Å²) >= 11 is 11.9. The molecule has 0 atom stereocenters. The van der Waals surface area contributed by atoms with Crippen LogP contribution in [-0.2, 0) is 14.8 Å². The molecule has 3 rings (SSSR count). The van der Waals surface area contributed by atoms with Gasteiger partial charge < -0.3 is 10.1 Å². The molecule has 0 saturated heterocycles. The van der Waals surface area contributed by atoms with Crippen LogP contribution in [0, 0.1) is 0 Å². The molecule has 0 bridgehead atoms. The van der Waals surface area contributed by atoms with Crippen molar-refractivity contribution in [3.8, 4) is 5.75 Å². The van der Waals surface area contributed by atoms with Crippen molar-refractivity contribution in [2.45, 2.75) is 4.90 Å². The fraction of sp³-hybridized carbons (Fsp3) is 0.0952. The zero-order chi connectivity index (χ0) is 21.7. The molecule has 0 fully saturated rings. The molecule has 30 heavy (non-hydrogen) atoms. The van der Waals surface area contributed by atoms with Crippen LogP contribution in [0.5, 0.6) is 5.75 Å². The molecule has 0 radical (unpaired) electrons. The first-order valence-electron chi connectivity index (χ1n) is 8.77. The quantitative estimate of drug-likeness (QED) is 0.542. The largest absolute Gasteiger partial charge is 0.497 e. The average molecular weight is 465 g/mol. The number of nitrogens with one attached hydrogen (secondary N) is 1. The molecule has 0 aliphatic carbocycles. The minimum atomic E-state index is -4.02. The van der Waals surface area contributed by atoms with Crippen molar-refractivity contribution in [3.63, 3.8) is 0 Å². The summed E-state index contributed by atoms with van der Waals surface area (Å²) in [7, 11) is -2.53. The lowest BCUT2D eigenvalue weighted by Gasteiger charge is -2.24. The molecule has 0 heterocycles. The van der Waals surface area contributed by atoms with Crippen LogP contribution in [0.3, 0.4) is 0 Å². The number of rotatable bonds is 7. The zero-order valence-corrected chi connectivity index (χ0v) is 18.2. The van der Waals surface area contributed by atoms with E-state index >= 15 is 0 Å². The number of carbonyl (C=O) groups is 1. The van der Waals surface area contributed by atoms with E-state index in [1.165, 1.54) is 37.4 Å². The van der Waals surface area contributed by atoms with Crippen molar-refractivity contribution < 1.29 is 17.9 Å². The van der Waals surface area contributed by atoms with Gasteiger partial charge in [0.15, 0.2) is 0 Å². The summed E-state index contributed by atoms with van der Waals surface area (Å²) in [5, 5.41) is 3.33. The predicted molar refractivity (Wildman–Crippen MR) is 119 cm³/mol. The van der Waals surface area contributed by atoms with Gasteiger partial charge in [-0.05, 0) is 54.6 Å². The van der Waals surface area contributed by atoms with Gasteiger partial charge in [0.1, 0.15) is 12.3 Å². The average Bonchev–Trinajstić information content (AvgIpc) is 2.72. The van der Waals surface area contributed by atoms with Crippen LogP contribution >= 0.6 is 23.2 Å². The number of methoxy groups -OCH3 is 1. The van der Waals surface area contributed by atoms with E-state index < -0.39 is 22.5 Å². The summed E-state index contributed by atoms with van der Waals surface area (Å²) in [4.78, 5) is 12.7. The smallest absolute Gasteiger partial charge is 0.264 e. The Labute approximate surface area is 185 Å². The lowest BCUT2D eigenvalue weighted by atomic mass is 10.3. The Hall–Kier alpha value is -2.74. The summed E-state index contributed by atoms with van der Waals surface area (Å²) in [5.74, 6) is -0.0231. The minimum Gasteiger partial charge on any atom is -0.497 e. The Morgan fingerprint density at radius 1 is 0.967 bits per heavy atom. The molecule has 1 amide bonds. The van der Waals surface area contributed by atoms with Crippen LogP contribution in [0.4, 0.5) is 11.4 Å². The molecule has 9 heteroatoms. The molecule has 156 valence electrons. The van der Waals surface area contributed by atoms with E-state index in [0.29, 0.717) is 27.2 Å². The topological polar surface area (TPSA) is 75.7 Å². The summed E-state index contributed by atoms with van der Waals surface area (Å²) < 4.78 is 32.7. The molecule has 3 aromatic carbocycles. The summed E-state index contributed by atoms with van der Waals surface area (Å²) in [6, 6.07) is 18.9. The first kappa shape index (κ1) is 22.0. The second-order valence-corrected chi connectivity index (χ2v) is 8.96. The van der Waals surface area contributed by atoms with E-state index in [9.17, 15) is 13.2 Å². The summed E-state index contributed by atoms with van der Waals surface area (Å²) in [5.41, 5.74) is 0.722. The molecule has 0 aliphatic heterocycles. The molecular formula is C21H18Cl2N2O4S. The van der Waals surface area contributed by atoms with Gasteiger partial charge in [0.2, 0.25) is 5.91 Å². The zero-order valence-electron chi connectivity index (χ0n) is 15.9. The van der Waals surface area contributed by atoms with Gasteiger partial charge in [0.05, 0.1) is 17.7 Å². The maximum Gasteiger partial charge on any atom is 0.264 e. The van der Waals surface area contributed by atoms with E-state index in [1.807, 2.05) is 0 Å². The third-order valence-electron chi connectivity index (χ3n) is 4.13. The highest BCUT2D eigenvalue weighted by Gasteiger charge is 2.27. The Bertz CT molecular complexity index is 1120. The van der Waals surface area contributed by atoms with Gasteiger partial charge in [-0.15, -0.1) is 0 Å². The Morgan fingerprint density at radius 3 is 2.13 bits per heavy atom. The number of sulfonamides is 1. The van der Waals surface area contributed by atoms with E-state index in [4.69, 9.17) is 27.9 Å². The number of amides is 1. The lowest BCUT2D eigenvalue weighted by molar-refractivity contribution is -0.114. The van der Waals surface area contributed by atoms with Crippen LogP contribution in [-0.4, -0.2) is 28.0 Å². The monoisotopic (exact) mass is 464 g/mol. The molecule has 0 spiro atoms. The number of hydrogen-bond donors (Lipinski definition) is 1. The maximum absolute atomic E-state index is 13.3. The Morgan fingerprint density at radius 2 is 1.57 bits per heavy atom. The Balaban J connectivity index is 1.91. The van der Waals surface area contributed by atoms with Crippen LogP contribution in [0.15, 0.2) is 77.7 Å². The molecule has 1 N–H and O–H groups in total. The van der Waals surface area contributed by atoms with Crippen molar-refractivity contribution >= 4 is 50.5 Å². The second-order valence-electron chi connectivity index (χ2n) is 6.23. The highest BCUT2D eigenvalue weighted by atomic mass is 35.5. The highest BCUT2D eigenvalue weighted by Crippen LogP contribution is 2.26. The highest BCUT2D eigenvalue weighted by molar-refractivity contribution is 7.92. The first-order chi connectivity index (χ1) is 14.3. The third-order valence-corrected chi connectivity index (χ3v) is 6.35. The number of carbonyl (C=O) groups excluding carboxylic acids is 1. The van der Waals surface area contributed by atoms with Crippen LogP contribution in [0.1, 0.15) is 0 Å². The molecule has 0 aliphatic rings. The second kappa shape index (κ2) is 9.38. The van der Waals surface area contributed by atoms with E-state index in [1.54, 1.807) is 42.5 Å². The SMILES string of the molecule is COc1ccc(S(=O)(=O)N(CC(=O)Nc2cc(Cl)cc(Cl)c2)c2ccccc2)cc1. The lowest BCUT2D eigenvalue weighted by Crippen LogP contribution is -2.38.